The molecule has 0 aromatic heterocycles. The Morgan fingerprint density at radius 3 is 2.50 bits per heavy atom. The second-order valence-corrected chi connectivity index (χ2v) is 8.39. The van der Waals surface area contributed by atoms with E-state index >= 15 is 0 Å². The number of carboxylic acid groups (broad SMARTS) is 1. The summed E-state index contributed by atoms with van der Waals surface area (Å²) in [5.41, 5.74) is 1.87. The van der Waals surface area contributed by atoms with Crippen LogP contribution in [-0.4, -0.2) is 48.0 Å². The predicted molar refractivity (Wildman–Crippen MR) is 124 cm³/mol. The molecule has 1 aliphatic rings. The quantitative estimate of drug-likeness (QED) is 0.288. The molecular formula is C25H28F2N2O5. The van der Waals surface area contributed by atoms with E-state index in [9.17, 15) is 18.7 Å². The number of alkyl halides is 1. The minimum Gasteiger partial charge on any atom is -0.488 e. The second-order valence-electron chi connectivity index (χ2n) is 8.39. The fourth-order valence-electron chi connectivity index (χ4n) is 3.42. The molecule has 0 spiro atoms. The molecule has 1 aliphatic heterocycles. The number of nitrogens with zero attached hydrogens (tertiary/aromatic N) is 2. The Kier molecular flexibility index (Phi) is 8.33. The number of hydrogen-bond acceptors (Lipinski definition) is 6. The lowest BCUT2D eigenvalue weighted by molar-refractivity contribution is -0.139. The zero-order valence-corrected chi connectivity index (χ0v) is 19.3. The Morgan fingerprint density at radius 2 is 1.88 bits per heavy atom. The highest BCUT2D eigenvalue weighted by Gasteiger charge is 2.37. The van der Waals surface area contributed by atoms with Gasteiger partial charge in [-0.3, -0.25) is 9.79 Å². The molecule has 1 heterocycles. The largest absolute Gasteiger partial charge is 0.488 e. The van der Waals surface area contributed by atoms with Gasteiger partial charge in [0.15, 0.2) is 6.23 Å². The van der Waals surface area contributed by atoms with Crippen LogP contribution < -0.4 is 4.74 Å². The van der Waals surface area contributed by atoms with E-state index in [-0.39, 0.29) is 31.2 Å². The van der Waals surface area contributed by atoms with Gasteiger partial charge in [0.25, 0.3) is 0 Å². The normalized spacial score (nSPS) is 18.3. The van der Waals surface area contributed by atoms with Crippen LogP contribution >= 0.6 is 0 Å². The van der Waals surface area contributed by atoms with Crippen LogP contribution in [0.3, 0.4) is 0 Å². The average molecular weight is 475 g/mol. The number of benzene rings is 2. The number of aliphatic carboxylic acids is 1. The number of carboxylic acids is 1. The Balaban J connectivity index is 1.61. The van der Waals surface area contributed by atoms with Crippen molar-refractivity contribution >= 4 is 17.4 Å². The monoisotopic (exact) mass is 474 g/mol. The molecule has 1 N–H and O–H groups in total. The molecule has 0 saturated carbocycles. The van der Waals surface area contributed by atoms with Gasteiger partial charge < -0.3 is 19.4 Å². The van der Waals surface area contributed by atoms with Gasteiger partial charge in [0, 0.05) is 5.56 Å². The van der Waals surface area contributed by atoms with Crippen LogP contribution in [0.25, 0.3) is 0 Å². The molecule has 2 aromatic carbocycles. The lowest BCUT2D eigenvalue weighted by Gasteiger charge is -2.21. The van der Waals surface area contributed by atoms with Gasteiger partial charge >= 0.3 is 5.97 Å². The van der Waals surface area contributed by atoms with Crippen LogP contribution in [0.1, 0.15) is 38.1 Å². The first-order chi connectivity index (χ1) is 16.2. The van der Waals surface area contributed by atoms with Gasteiger partial charge in [0.2, 0.25) is 0 Å². The van der Waals surface area contributed by atoms with E-state index in [4.69, 9.17) is 14.3 Å². The molecule has 3 rings (SSSR count). The van der Waals surface area contributed by atoms with E-state index in [1.165, 1.54) is 12.1 Å². The van der Waals surface area contributed by atoms with E-state index in [1.54, 1.807) is 43.3 Å². The van der Waals surface area contributed by atoms with Crippen LogP contribution in [0.5, 0.6) is 5.75 Å². The Hall–Kier alpha value is -3.33. The maximum Gasteiger partial charge on any atom is 0.312 e. The predicted octanol–water partition coefficient (Wildman–Crippen LogP) is 4.76. The van der Waals surface area contributed by atoms with Crippen molar-refractivity contribution < 1.29 is 33.0 Å². The van der Waals surface area contributed by atoms with E-state index in [1.807, 2.05) is 13.8 Å². The van der Waals surface area contributed by atoms with Crippen molar-refractivity contribution in [3.8, 4) is 5.75 Å². The number of aliphatic imine (C=N–C) groups is 1. The molecule has 34 heavy (non-hydrogen) atoms. The van der Waals surface area contributed by atoms with Crippen molar-refractivity contribution in [2.24, 2.45) is 16.1 Å². The summed E-state index contributed by atoms with van der Waals surface area (Å²) in [4.78, 5) is 21.0. The van der Waals surface area contributed by atoms with Crippen molar-refractivity contribution in [2.75, 3.05) is 19.9 Å². The number of ether oxygens (including phenoxy) is 2. The third-order valence-electron chi connectivity index (χ3n) is 5.45. The van der Waals surface area contributed by atoms with Crippen molar-refractivity contribution in [3.63, 3.8) is 0 Å². The number of halogens is 2. The Labute approximate surface area is 197 Å². The topological polar surface area (TPSA) is 89.7 Å². The lowest BCUT2D eigenvalue weighted by Crippen LogP contribution is -2.34. The number of oxime groups is 1. The molecule has 2 unspecified atom stereocenters. The summed E-state index contributed by atoms with van der Waals surface area (Å²) < 4.78 is 37.3. The molecule has 7 nitrogen and oxygen atoms in total. The van der Waals surface area contributed by atoms with E-state index in [2.05, 4.69) is 10.1 Å². The summed E-state index contributed by atoms with van der Waals surface area (Å²) in [6, 6.07) is 13.1. The molecule has 2 aromatic rings. The van der Waals surface area contributed by atoms with Crippen molar-refractivity contribution in [3.05, 3.63) is 65.5 Å². The summed E-state index contributed by atoms with van der Waals surface area (Å²) in [6.45, 7) is 4.63. The van der Waals surface area contributed by atoms with Gasteiger partial charge in [-0.1, -0.05) is 29.4 Å². The maximum absolute atomic E-state index is 13.2. The lowest BCUT2D eigenvalue weighted by atomic mass is 9.95. The van der Waals surface area contributed by atoms with Crippen molar-refractivity contribution in [1.29, 1.82) is 0 Å². The minimum atomic E-state index is -1.04. The number of carbonyl (C=O) groups is 1. The molecular weight excluding hydrogens is 446 g/mol. The first-order valence-corrected chi connectivity index (χ1v) is 10.9. The average Bonchev–Trinajstić information content (AvgIpc) is 3.11. The molecule has 2 atom stereocenters. The van der Waals surface area contributed by atoms with E-state index in [0.717, 1.165) is 16.8 Å². The maximum atomic E-state index is 13.2. The highest BCUT2D eigenvalue weighted by Crippen LogP contribution is 2.33. The van der Waals surface area contributed by atoms with Gasteiger partial charge in [0.1, 0.15) is 43.0 Å². The Morgan fingerprint density at radius 1 is 1.21 bits per heavy atom. The smallest absolute Gasteiger partial charge is 0.312 e. The first kappa shape index (κ1) is 25.3. The van der Waals surface area contributed by atoms with Crippen LogP contribution in [0.2, 0.25) is 0 Å². The number of hydrogen-bond donors (Lipinski definition) is 1. The summed E-state index contributed by atoms with van der Waals surface area (Å²) in [5, 5.41) is 13.2. The highest BCUT2D eigenvalue weighted by atomic mass is 19.1. The van der Waals surface area contributed by atoms with Crippen LogP contribution in [0.4, 0.5) is 8.78 Å². The van der Waals surface area contributed by atoms with E-state index < -0.39 is 30.4 Å². The minimum absolute atomic E-state index is 0.205. The SMILES string of the molecule is CC(=NOCCF)C(Cc1ccc(OCC2=NC(c3ccc(F)cc3)OC2(C)C)cc1)C(=O)O. The first-order valence-electron chi connectivity index (χ1n) is 10.9. The molecule has 0 fully saturated rings. The van der Waals surface area contributed by atoms with Gasteiger partial charge in [0.05, 0.1) is 11.4 Å². The molecule has 182 valence electrons. The Bertz CT molecular complexity index is 1040. The van der Waals surface area contributed by atoms with Gasteiger partial charge in [-0.2, -0.15) is 0 Å². The third kappa shape index (κ3) is 6.60. The number of rotatable bonds is 11. The molecule has 0 saturated heterocycles. The van der Waals surface area contributed by atoms with Gasteiger partial charge in [-0.15, -0.1) is 0 Å². The molecule has 0 radical (unpaired) electrons. The summed E-state index contributed by atoms with van der Waals surface area (Å²) in [6.07, 6.45) is -0.319. The van der Waals surface area contributed by atoms with E-state index in [0.29, 0.717) is 5.75 Å². The third-order valence-corrected chi connectivity index (χ3v) is 5.45. The van der Waals surface area contributed by atoms with Crippen LogP contribution in [0, 0.1) is 11.7 Å². The summed E-state index contributed by atoms with van der Waals surface area (Å²) >= 11 is 0. The van der Waals surface area contributed by atoms with Crippen LogP contribution in [-0.2, 0) is 20.8 Å². The second kappa shape index (κ2) is 11.2. The van der Waals surface area contributed by atoms with Crippen molar-refractivity contribution in [1.82, 2.24) is 0 Å². The zero-order valence-electron chi connectivity index (χ0n) is 19.3. The fourth-order valence-corrected chi connectivity index (χ4v) is 3.42. The molecule has 0 aliphatic carbocycles. The molecule has 0 bridgehead atoms. The molecule has 9 heteroatoms. The molecule has 0 amide bonds. The summed E-state index contributed by atoms with van der Waals surface area (Å²) in [5.74, 6) is -1.65. The van der Waals surface area contributed by atoms with Gasteiger partial charge in [-0.05, 0) is 57.0 Å². The highest BCUT2D eigenvalue weighted by molar-refractivity contribution is 6.00. The van der Waals surface area contributed by atoms with Crippen molar-refractivity contribution in [2.45, 2.75) is 39.0 Å². The van der Waals surface area contributed by atoms with Crippen LogP contribution in [0.15, 0.2) is 58.7 Å². The van der Waals surface area contributed by atoms with Gasteiger partial charge in [-0.25, -0.2) is 8.78 Å². The standard InChI is InChI=1S/C25H28F2N2O5/c1-16(29-33-13-12-26)21(24(30)31)14-17-4-10-20(11-5-17)32-15-22-25(2,3)34-23(28-22)18-6-8-19(27)9-7-18/h4-11,21,23H,12-15H2,1-3H3,(H,30,31). The summed E-state index contributed by atoms with van der Waals surface area (Å²) in [7, 11) is 0. The fraction of sp³-hybridized carbons (Fsp3) is 0.400. The zero-order chi connectivity index (χ0) is 24.7.